The molecule has 2 saturated heterocycles. The van der Waals surface area contributed by atoms with Gasteiger partial charge in [0.15, 0.2) is 0 Å². The molecule has 2 fully saturated rings. The van der Waals surface area contributed by atoms with E-state index >= 15 is 0 Å². The second-order valence-electron chi connectivity index (χ2n) is 8.39. The lowest BCUT2D eigenvalue weighted by Crippen LogP contribution is -2.38. The Hall–Kier alpha value is -3.61. The van der Waals surface area contributed by atoms with Crippen LogP contribution in [-0.2, 0) is 9.59 Å². The van der Waals surface area contributed by atoms with Gasteiger partial charge in [-0.05, 0) is 80.1 Å². The number of rotatable bonds is 5. The average Bonchev–Trinajstić information content (AvgIpc) is 3.03. The highest BCUT2D eigenvalue weighted by atomic mass is 16.2. The Kier molecular flexibility index (Phi) is 6.25. The Morgan fingerprint density at radius 2 is 1.84 bits per heavy atom. The number of nitrogens with one attached hydrogen (secondary N) is 2. The molecule has 2 aromatic rings. The standard InChI is InChI=1S/C25H28N4O3/c1-17-7-6-8-20(13-17)26-23(30)16-29-24(31)22(27-25(29)32)15-19-9-10-21(14-18(19)2)28-11-4-3-5-12-28/h6-10,13-15H,3-5,11-12,16H2,1-2H3,(H,26,30)(H,27,32). The molecule has 2 aliphatic rings. The van der Waals surface area contributed by atoms with Crippen LogP contribution in [-0.4, -0.2) is 42.4 Å². The second kappa shape index (κ2) is 9.26. The molecule has 0 saturated carbocycles. The Balaban J connectivity index is 1.44. The first-order valence-electron chi connectivity index (χ1n) is 11.0. The molecule has 0 spiro atoms. The van der Waals surface area contributed by atoms with E-state index in [2.05, 4.69) is 27.7 Å². The van der Waals surface area contributed by atoms with Gasteiger partial charge in [-0.1, -0.05) is 18.2 Å². The summed E-state index contributed by atoms with van der Waals surface area (Å²) in [6, 6.07) is 12.9. The lowest BCUT2D eigenvalue weighted by Gasteiger charge is -2.29. The number of carbonyl (C=O) groups excluding carboxylic acids is 3. The Morgan fingerprint density at radius 1 is 1.06 bits per heavy atom. The fourth-order valence-electron chi connectivity index (χ4n) is 4.11. The fourth-order valence-corrected chi connectivity index (χ4v) is 4.11. The summed E-state index contributed by atoms with van der Waals surface area (Å²) in [5, 5.41) is 5.32. The molecular weight excluding hydrogens is 404 g/mol. The maximum atomic E-state index is 12.8. The monoisotopic (exact) mass is 432 g/mol. The highest BCUT2D eigenvalue weighted by molar-refractivity contribution is 6.16. The van der Waals surface area contributed by atoms with Gasteiger partial charge in [-0.3, -0.25) is 9.59 Å². The van der Waals surface area contributed by atoms with E-state index in [9.17, 15) is 14.4 Å². The van der Waals surface area contributed by atoms with Gasteiger partial charge in [0.1, 0.15) is 12.2 Å². The van der Waals surface area contributed by atoms with Gasteiger partial charge < -0.3 is 15.5 Å². The van der Waals surface area contributed by atoms with E-state index in [-0.39, 0.29) is 12.2 Å². The summed E-state index contributed by atoms with van der Waals surface area (Å²) in [4.78, 5) is 40.8. The van der Waals surface area contributed by atoms with Gasteiger partial charge in [0, 0.05) is 24.5 Å². The topological polar surface area (TPSA) is 81.8 Å². The number of hydrogen-bond acceptors (Lipinski definition) is 4. The molecular formula is C25H28N4O3. The number of piperidine rings is 1. The minimum Gasteiger partial charge on any atom is -0.372 e. The van der Waals surface area contributed by atoms with Crippen LogP contribution in [0.5, 0.6) is 0 Å². The van der Waals surface area contributed by atoms with Crippen LogP contribution >= 0.6 is 0 Å². The van der Waals surface area contributed by atoms with Crippen molar-refractivity contribution in [3.8, 4) is 0 Å². The number of nitrogens with zero attached hydrogens (tertiary/aromatic N) is 2. The molecule has 2 aliphatic heterocycles. The zero-order valence-corrected chi connectivity index (χ0v) is 18.5. The number of imide groups is 1. The molecule has 0 bridgehead atoms. The Bertz CT molecular complexity index is 1090. The first-order chi connectivity index (χ1) is 15.4. The van der Waals surface area contributed by atoms with Crippen LogP contribution < -0.4 is 15.5 Å². The molecule has 0 radical (unpaired) electrons. The highest BCUT2D eigenvalue weighted by Gasteiger charge is 2.35. The van der Waals surface area contributed by atoms with Gasteiger partial charge in [-0.25, -0.2) is 9.69 Å². The predicted octanol–water partition coefficient (Wildman–Crippen LogP) is 3.83. The first kappa shape index (κ1) is 21.6. The summed E-state index contributed by atoms with van der Waals surface area (Å²) in [6.07, 6.45) is 5.37. The van der Waals surface area contributed by atoms with Crippen LogP contribution in [0, 0.1) is 13.8 Å². The molecule has 4 rings (SSSR count). The largest absolute Gasteiger partial charge is 0.372 e. The van der Waals surface area contributed by atoms with E-state index in [1.807, 2.05) is 38.1 Å². The summed E-state index contributed by atoms with van der Waals surface area (Å²) >= 11 is 0. The summed E-state index contributed by atoms with van der Waals surface area (Å²) in [5.41, 5.74) is 4.87. The maximum absolute atomic E-state index is 12.8. The van der Waals surface area contributed by atoms with E-state index in [4.69, 9.17) is 0 Å². The number of anilines is 2. The SMILES string of the molecule is Cc1cccc(NC(=O)CN2C(=O)NC(=Cc3ccc(N4CCCCC4)cc3C)C2=O)c1. The summed E-state index contributed by atoms with van der Waals surface area (Å²) in [5.74, 6) is -0.934. The third-order valence-electron chi connectivity index (χ3n) is 5.84. The van der Waals surface area contributed by atoms with Crippen LogP contribution in [0.3, 0.4) is 0 Å². The number of carbonyl (C=O) groups is 3. The molecule has 0 atom stereocenters. The van der Waals surface area contributed by atoms with Crippen molar-refractivity contribution in [3.63, 3.8) is 0 Å². The summed E-state index contributed by atoms with van der Waals surface area (Å²) in [7, 11) is 0. The van der Waals surface area contributed by atoms with Crippen molar-refractivity contribution in [1.29, 1.82) is 0 Å². The van der Waals surface area contributed by atoms with Crippen molar-refractivity contribution in [2.75, 3.05) is 29.9 Å². The predicted molar refractivity (Wildman–Crippen MR) is 125 cm³/mol. The molecule has 7 heteroatoms. The molecule has 32 heavy (non-hydrogen) atoms. The van der Waals surface area contributed by atoms with Crippen molar-refractivity contribution in [3.05, 3.63) is 64.9 Å². The smallest absolute Gasteiger partial charge is 0.329 e. The van der Waals surface area contributed by atoms with Crippen molar-refractivity contribution < 1.29 is 14.4 Å². The van der Waals surface area contributed by atoms with Crippen LogP contribution in [0.25, 0.3) is 6.08 Å². The van der Waals surface area contributed by atoms with Crippen LogP contribution in [0.1, 0.15) is 36.0 Å². The molecule has 166 valence electrons. The molecule has 4 amide bonds. The highest BCUT2D eigenvalue weighted by Crippen LogP contribution is 2.25. The van der Waals surface area contributed by atoms with Gasteiger partial charge in [0.25, 0.3) is 5.91 Å². The third kappa shape index (κ3) is 4.82. The lowest BCUT2D eigenvalue weighted by molar-refractivity contribution is -0.127. The number of urea groups is 1. The number of benzene rings is 2. The lowest BCUT2D eigenvalue weighted by atomic mass is 10.0. The average molecular weight is 433 g/mol. The molecule has 0 aliphatic carbocycles. The van der Waals surface area contributed by atoms with Gasteiger partial charge in [0.05, 0.1) is 0 Å². The molecule has 2 N–H and O–H groups in total. The molecule has 2 heterocycles. The van der Waals surface area contributed by atoms with Crippen molar-refractivity contribution >= 4 is 35.3 Å². The molecule has 2 aromatic carbocycles. The van der Waals surface area contributed by atoms with Crippen LogP contribution in [0.2, 0.25) is 0 Å². The van der Waals surface area contributed by atoms with Gasteiger partial charge in [0.2, 0.25) is 5.91 Å². The van der Waals surface area contributed by atoms with E-state index in [1.54, 1.807) is 12.1 Å². The molecule has 0 unspecified atom stereocenters. The van der Waals surface area contributed by atoms with E-state index in [1.165, 1.54) is 24.9 Å². The van der Waals surface area contributed by atoms with E-state index < -0.39 is 17.8 Å². The second-order valence-corrected chi connectivity index (χ2v) is 8.39. The maximum Gasteiger partial charge on any atom is 0.329 e. The quantitative estimate of drug-likeness (QED) is 0.556. The van der Waals surface area contributed by atoms with Crippen molar-refractivity contribution in [2.45, 2.75) is 33.1 Å². The number of amides is 4. The zero-order valence-electron chi connectivity index (χ0n) is 18.5. The molecule has 7 nitrogen and oxygen atoms in total. The van der Waals surface area contributed by atoms with Crippen molar-refractivity contribution in [2.24, 2.45) is 0 Å². The summed E-state index contributed by atoms with van der Waals surface area (Å²) in [6.45, 7) is 5.70. The van der Waals surface area contributed by atoms with Gasteiger partial charge in [-0.2, -0.15) is 0 Å². The minimum absolute atomic E-state index is 0.173. The fraction of sp³-hybridized carbons (Fsp3) is 0.320. The van der Waals surface area contributed by atoms with E-state index in [0.717, 1.165) is 34.7 Å². The molecule has 0 aromatic heterocycles. The zero-order chi connectivity index (χ0) is 22.7. The number of aryl methyl sites for hydroxylation is 2. The van der Waals surface area contributed by atoms with Gasteiger partial charge >= 0.3 is 6.03 Å². The Morgan fingerprint density at radius 3 is 2.56 bits per heavy atom. The Labute approximate surface area is 188 Å². The third-order valence-corrected chi connectivity index (χ3v) is 5.84. The minimum atomic E-state index is -0.594. The van der Waals surface area contributed by atoms with Crippen LogP contribution in [0.4, 0.5) is 16.2 Å². The summed E-state index contributed by atoms with van der Waals surface area (Å²) < 4.78 is 0. The van der Waals surface area contributed by atoms with Crippen LogP contribution in [0.15, 0.2) is 48.2 Å². The first-order valence-corrected chi connectivity index (χ1v) is 11.0. The van der Waals surface area contributed by atoms with E-state index in [0.29, 0.717) is 5.69 Å². The normalized spacial score (nSPS) is 17.6. The number of hydrogen-bond donors (Lipinski definition) is 2. The van der Waals surface area contributed by atoms with Gasteiger partial charge in [-0.15, -0.1) is 0 Å². The van der Waals surface area contributed by atoms with Crippen molar-refractivity contribution in [1.82, 2.24) is 10.2 Å².